The summed E-state index contributed by atoms with van der Waals surface area (Å²) < 4.78 is 27.6. The summed E-state index contributed by atoms with van der Waals surface area (Å²) in [6.45, 7) is 3.95. The van der Waals surface area contributed by atoms with Gasteiger partial charge in [-0.25, -0.2) is 13.1 Å². The zero-order valence-electron chi connectivity index (χ0n) is 8.66. The van der Waals surface area contributed by atoms with Crippen molar-refractivity contribution in [1.82, 2.24) is 4.72 Å². The van der Waals surface area contributed by atoms with Crippen molar-refractivity contribution in [2.75, 3.05) is 0 Å². The van der Waals surface area contributed by atoms with Crippen molar-refractivity contribution in [3.05, 3.63) is 15.9 Å². The molecular formula is C9H14BrNO2S2. The number of hydrogen-bond donors (Lipinski definition) is 1. The number of sulfonamides is 1. The summed E-state index contributed by atoms with van der Waals surface area (Å²) in [4.78, 5) is 0. The van der Waals surface area contributed by atoms with Gasteiger partial charge in [0.2, 0.25) is 10.0 Å². The highest BCUT2D eigenvalue weighted by Gasteiger charge is 2.19. The van der Waals surface area contributed by atoms with E-state index in [1.807, 2.05) is 13.8 Å². The second-order valence-corrected chi connectivity index (χ2v) is 7.60. The number of rotatable bonds is 5. The van der Waals surface area contributed by atoms with Crippen molar-refractivity contribution < 1.29 is 8.42 Å². The first-order chi connectivity index (χ1) is 6.99. The quantitative estimate of drug-likeness (QED) is 0.908. The molecule has 15 heavy (non-hydrogen) atoms. The van der Waals surface area contributed by atoms with E-state index >= 15 is 0 Å². The summed E-state index contributed by atoms with van der Waals surface area (Å²) >= 11 is 4.48. The van der Waals surface area contributed by atoms with Crippen LogP contribution in [0, 0.1) is 0 Å². The smallest absolute Gasteiger partial charge is 0.207 e. The highest BCUT2D eigenvalue weighted by atomic mass is 79.9. The average Bonchev–Trinajstić information content (AvgIpc) is 2.62. The maximum absolute atomic E-state index is 11.9. The number of hydrogen-bond acceptors (Lipinski definition) is 3. The van der Waals surface area contributed by atoms with Gasteiger partial charge >= 0.3 is 0 Å². The fourth-order valence-corrected chi connectivity index (χ4v) is 4.60. The van der Waals surface area contributed by atoms with Crippen molar-refractivity contribution >= 4 is 37.3 Å². The molecule has 86 valence electrons. The molecule has 1 aromatic rings. The molecule has 0 saturated heterocycles. The van der Waals surface area contributed by atoms with Crippen LogP contribution in [0.4, 0.5) is 0 Å². The van der Waals surface area contributed by atoms with Gasteiger partial charge in [0, 0.05) is 6.04 Å². The lowest BCUT2D eigenvalue weighted by Crippen LogP contribution is -2.33. The topological polar surface area (TPSA) is 46.2 Å². The molecule has 1 heterocycles. The molecule has 0 atom stereocenters. The molecule has 6 heteroatoms. The molecular weight excluding hydrogens is 298 g/mol. The Morgan fingerprint density at radius 2 is 2.00 bits per heavy atom. The van der Waals surface area contributed by atoms with Gasteiger partial charge in [-0.1, -0.05) is 13.8 Å². The van der Waals surface area contributed by atoms with Crippen LogP contribution in [0.5, 0.6) is 0 Å². The van der Waals surface area contributed by atoms with Crippen molar-refractivity contribution in [3.8, 4) is 0 Å². The highest BCUT2D eigenvalue weighted by Crippen LogP contribution is 2.26. The number of halogens is 1. The zero-order valence-corrected chi connectivity index (χ0v) is 11.9. The van der Waals surface area contributed by atoms with Crippen LogP contribution >= 0.6 is 27.3 Å². The Hall–Kier alpha value is 0.0900. The van der Waals surface area contributed by atoms with Crippen LogP contribution in [-0.4, -0.2) is 14.5 Å². The Balaban J connectivity index is 2.84. The lowest BCUT2D eigenvalue weighted by atomic mass is 10.2. The van der Waals surface area contributed by atoms with Crippen molar-refractivity contribution in [1.29, 1.82) is 0 Å². The molecule has 0 spiro atoms. The fourth-order valence-electron chi connectivity index (χ4n) is 1.17. The number of thiophene rings is 1. The molecule has 0 amide bonds. The van der Waals surface area contributed by atoms with Gasteiger partial charge in [-0.3, -0.25) is 0 Å². The Labute approximate surface area is 103 Å². The van der Waals surface area contributed by atoms with Gasteiger partial charge in [0.05, 0.1) is 3.79 Å². The van der Waals surface area contributed by atoms with Gasteiger partial charge < -0.3 is 0 Å². The van der Waals surface area contributed by atoms with Gasteiger partial charge in [-0.15, -0.1) is 11.3 Å². The molecule has 1 rings (SSSR count). The van der Waals surface area contributed by atoms with E-state index in [0.29, 0.717) is 4.21 Å². The van der Waals surface area contributed by atoms with Crippen LogP contribution in [0.3, 0.4) is 0 Å². The fraction of sp³-hybridized carbons (Fsp3) is 0.556. The summed E-state index contributed by atoms with van der Waals surface area (Å²) in [7, 11) is -3.32. The molecule has 0 unspecified atom stereocenters. The third-order valence-electron chi connectivity index (χ3n) is 2.12. The van der Waals surface area contributed by atoms with Crippen molar-refractivity contribution in [3.63, 3.8) is 0 Å². The van der Waals surface area contributed by atoms with Crippen molar-refractivity contribution in [2.45, 2.75) is 36.9 Å². The van der Waals surface area contributed by atoms with Crippen LogP contribution in [0.25, 0.3) is 0 Å². The molecule has 0 radical (unpaired) electrons. The van der Waals surface area contributed by atoms with Crippen molar-refractivity contribution in [2.24, 2.45) is 0 Å². The molecule has 0 aliphatic heterocycles. The van der Waals surface area contributed by atoms with E-state index in [1.54, 1.807) is 12.1 Å². The second kappa shape index (κ2) is 5.43. The van der Waals surface area contributed by atoms with Gasteiger partial charge in [0.25, 0.3) is 0 Å². The predicted molar refractivity (Wildman–Crippen MR) is 66.7 cm³/mol. The minimum atomic E-state index is -3.32. The third-order valence-corrected chi connectivity index (χ3v) is 5.76. The average molecular weight is 312 g/mol. The minimum Gasteiger partial charge on any atom is -0.207 e. The first-order valence-electron chi connectivity index (χ1n) is 4.77. The van der Waals surface area contributed by atoms with E-state index in [4.69, 9.17) is 0 Å². The van der Waals surface area contributed by atoms with Gasteiger partial charge in [0.1, 0.15) is 4.21 Å². The lowest BCUT2D eigenvalue weighted by molar-refractivity contribution is 0.531. The van der Waals surface area contributed by atoms with E-state index in [1.165, 1.54) is 11.3 Å². The largest absolute Gasteiger partial charge is 0.250 e. The van der Waals surface area contributed by atoms with Crippen LogP contribution in [-0.2, 0) is 10.0 Å². The Morgan fingerprint density at radius 1 is 1.40 bits per heavy atom. The highest BCUT2D eigenvalue weighted by molar-refractivity contribution is 9.11. The Kier molecular flexibility index (Phi) is 4.76. The molecule has 0 aromatic carbocycles. The van der Waals surface area contributed by atoms with Gasteiger partial charge in [0.15, 0.2) is 0 Å². The monoisotopic (exact) mass is 311 g/mol. The summed E-state index contributed by atoms with van der Waals surface area (Å²) in [5, 5.41) is 0. The third kappa shape index (κ3) is 3.55. The first kappa shape index (κ1) is 13.2. The lowest BCUT2D eigenvalue weighted by Gasteiger charge is -2.13. The molecule has 0 saturated carbocycles. The SMILES string of the molecule is CCC(CC)NS(=O)(=O)c1ccc(Br)s1. The van der Waals surface area contributed by atoms with Crippen LogP contribution in [0.1, 0.15) is 26.7 Å². The van der Waals surface area contributed by atoms with Gasteiger partial charge in [-0.2, -0.15) is 0 Å². The normalized spacial score (nSPS) is 12.3. The van der Waals surface area contributed by atoms with E-state index in [9.17, 15) is 8.42 Å². The van der Waals surface area contributed by atoms with Crippen LogP contribution in [0.15, 0.2) is 20.1 Å². The standard InChI is InChI=1S/C9H14BrNO2S2/c1-3-7(4-2)11-15(12,13)9-6-5-8(10)14-9/h5-7,11H,3-4H2,1-2H3. The molecule has 0 bridgehead atoms. The maximum Gasteiger partial charge on any atom is 0.250 e. The Bertz CT molecular complexity index is 410. The first-order valence-corrected chi connectivity index (χ1v) is 7.86. The summed E-state index contributed by atoms with van der Waals surface area (Å²) in [6, 6.07) is 3.38. The number of nitrogens with one attached hydrogen (secondary N) is 1. The van der Waals surface area contributed by atoms with Crippen LogP contribution < -0.4 is 4.72 Å². The summed E-state index contributed by atoms with van der Waals surface area (Å²) in [5.41, 5.74) is 0. The van der Waals surface area contributed by atoms with Crippen LogP contribution in [0.2, 0.25) is 0 Å². The van der Waals surface area contributed by atoms with E-state index in [-0.39, 0.29) is 6.04 Å². The summed E-state index contributed by atoms with van der Waals surface area (Å²) in [5.74, 6) is 0. The molecule has 3 nitrogen and oxygen atoms in total. The molecule has 0 aliphatic carbocycles. The molecule has 1 N–H and O–H groups in total. The molecule has 0 aliphatic rings. The minimum absolute atomic E-state index is 0.0240. The van der Waals surface area contributed by atoms with E-state index < -0.39 is 10.0 Å². The van der Waals surface area contributed by atoms with Gasteiger partial charge in [-0.05, 0) is 40.9 Å². The Morgan fingerprint density at radius 3 is 2.40 bits per heavy atom. The second-order valence-electron chi connectivity index (χ2n) is 3.19. The molecule has 1 aromatic heterocycles. The maximum atomic E-state index is 11.9. The zero-order chi connectivity index (χ0) is 11.5. The predicted octanol–water partition coefficient (Wildman–Crippen LogP) is 2.98. The van der Waals surface area contributed by atoms with E-state index in [0.717, 1.165) is 16.6 Å². The summed E-state index contributed by atoms with van der Waals surface area (Å²) in [6.07, 6.45) is 1.62. The van der Waals surface area contributed by atoms with E-state index in [2.05, 4.69) is 20.7 Å². The molecule has 0 fully saturated rings.